The Hall–Kier alpha value is -1.30. The lowest BCUT2D eigenvalue weighted by molar-refractivity contribution is 0.0743. The van der Waals surface area contributed by atoms with E-state index >= 15 is 0 Å². The summed E-state index contributed by atoms with van der Waals surface area (Å²) in [5, 5.41) is 0. The maximum absolute atomic E-state index is 13.7. The molecule has 17 heavy (non-hydrogen) atoms. The third-order valence-electron chi connectivity index (χ3n) is 2.92. The summed E-state index contributed by atoms with van der Waals surface area (Å²) in [5.74, 6) is 0.664. The average Bonchev–Trinajstić information content (AvgIpc) is 2.84. The van der Waals surface area contributed by atoms with Crippen LogP contribution >= 0.6 is 11.8 Å². The van der Waals surface area contributed by atoms with Gasteiger partial charge in [-0.3, -0.25) is 4.79 Å². The van der Waals surface area contributed by atoms with Gasteiger partial charge in [-0.25, -0.2) is 9.37 Å². The van der Waals surface area contributed by atoms with E-state index in [-0.39, 0.29) is 23.3 Å². The minimum absolute atomic E-state index is 0.00287. The van der Waals surface area contributed by atoms with Crippen LogP contribution in [0.1, 0.15) is 16.8 Å². The Morgan fingerprint density at radius 3 is 3.12 bits per heavy atom. The lowest BCUT2D eigenvalue weighted by atomic mass is 10.1. The number of aromatic nitrogens is 1. The monoisotopic (exact) mass is 255 g/mol. The van der Waals surface area contributed by atoms with E-state index in [0.717, 1.165) is 17.9 Å². The molecular formula is C11H14FN3OS. The van der Waals surface area contributed by atoms with Crippen molar-refractivity contribution in [2.75, 3.05) is 24.3 Å². The average molecular weight is 255 g/mol. The number of carbonyl (C=O) groups excluding carboxylic acids is 1. The van der Waals surface area contributed by atoms with Crippen molar-refractivity contribution < 1.29 is 9.18 Å². The molecule has 0 spiro atoms. The Labute approximate surface area is 103 Å². The fourth-order valence-electron chi connectivity index (χ4n) is 1.81. The van der Waals surface area contributed by atoms with Gasteiger partial charge in [0.1, 0.15) is 0 Å². The number of pyridine rings is 1. The number of rotatable bonds is 2. The Morgan fingerprint density at radius 2 is 2.47 bits per heavy atom. The molecule has 0 aliphatic carbocycles. The smallest absolute Gasteiger partial charge is 0.257 e. The first kappa shape index (κ1) is 12.2. The zero-order valence-electron chi connectivity index (χ0n) is 9.52. The number of nitrogens with zero attached hydrogens (tertiary/aromatic N) is 2. The third-order valence-corrected chi connectivity index (χ3v) is 4.07. The summed E-state index contributed by atoms with van der Waals surface area (Å²) in [7, 11) is 1.70. The van der Waals surface area contributed by atoms with Crippen LogP contribution in [0.4, 0.5) is 10.2 Å². The van der Waals surface area contributed by atoms with Crippen molar-refractivity contribution >= 4 is 23.5 Å². The zero-order valence-corrected chi connectivity index (χ0v) is 10.3. The van der Waals surface area contributed by atoms with Crippen molar-refractivity contribution in [2.45, 2.75) is 12.5 Å². The van der Waals surface area contributed by atoms with Gasteiger partial charge >= 0.3 is 0 Å². The van der Waals surface area contributed by atoms with Crippen molar-refractivity contribution in [1.29, 1.82) is 0 Å². The molecule has 1 saturated heterocycles. The Bertz CT molecular complexity index is 435. The zero-order chi connectivity index (χ0) is 12.4. The number of hydrogen-bond donors (Lipinski definition) is 1. The van der Waals surface area contributed by atoms with E-state index in [0.29, 0.717) is 0 Å². The molecule has 2 N–H and O–H groups in total. The van der Waals surface area contributed by atoms with E-state index in [2.05, 4.69) is 4.98 Å². The number of nitrogens with two attached hydrogens (primary N) is 1. The third kappa shape index (κ3) is 2.36. The van der Waals surface area contributed by atoms with Crippen LogP contribution in [0, 0.1) is 5.82 Å². The first-order valence-corrected chi connectivity index (χ1v) is 6.51. The minimum atomic E-state index is -0.727. The highest BCUT2D eigenvalue weighted by molar-refractivity contribution is 7.99. The summed E-state index contributed by atoms with van der Waals surface area (Å²) in [5.41, 5.74) is 5.35. The second-order valence-corrected chi connectivity index (χ2v) is 5.14. The van der Waals surface area contributed by atoms with E-state index in [4.69, 9.17) is 5.73 Å². The molecule has 4 nitrogen and oxygen atoms in total. The van der Waals surface area contributed by atoms with Crippen LogP contribution in [0.2, 0.25) is 0 Å². The number of carbonyl (C=O) groups is 1. The van der Waals surface area contributed by atoms with Gasteiger partial charge in [-0.15, -0.1) is 0 Å². The molecule has 0 bridgehead atoms. The number of hydrogen-bond acceptors (Lipinski definition) is 4. The predicted octanol–water partition coefficient (Wildman–Crippen LogP) is 1.38. The van der Waals surface area contributed by atoms with Gasteiger partial charge in [-0.1, -0.05) is 0 Å². The number of amides is 1. The molecule has 0 radical (unpaired) electrons. The molecule has 1 fully saturated rings. The summed E-state index contributed by atoms with van der Waals surface area (Å²) >= 11 is 1.81. The van der Waals surface area contributed by atoms with Crippen molar-refractivity contribution in [3.63, 3.8) is 0 Å². The maximum Gasteiger partial charge on any atom is 0.257 e. The van der Waals surface area contributed by atoms with Crippen LogP contribution in [0.15, 0.2) is 12.3 Å². The van der Waals surface area contributed by atoms with Crippen molar-refractivity contribution in [3.8, 4) is 0 Å². The Morgan fingerprint density at radius 1 is 1.71 bits per heavy atom. The molecule has 0 aromatic carbocycles. The van der Waals surface area contributed by atoms with Crippen LogP contribution in [0.5, 0.6) is 0 Å². The van der Waals surface area contributed by atoms with E-state index in [9.17, 15) is 9.18 Å². The molecule has 1 atom stereocenters. The molecule has 1 unspecified atom stereocenters. The second-order valence-electron chi connectivity index (χ2n) is 3.99. The Kier molecular flexibility index (Phi) is 3.51. The van der Waals surface area contributed by atoms with Crippen LogP contribution in [-0.4, -0.2) is 40.4 Å². The van der Waals surface area contributed by atoms with Gasteiger partial charge < -0.3 is 10.6 Å². The summed E-state index contributed by atoms with van der Waals surface area (Å²) in [6.07, 6.45) is 2.30. The van der Waals surface area contributed by atoms with Crippen molar-refractivity contribution in [1.82, 2.24) is 9.88 Å². The molecular weight excluding hydrogens is 241 g/mol. The second kappa shape index (κ2) is 4.91. The predicted molar refractivity (Wildman–Crippen MR) is 66.4 cm³/mol. The van der Waals surface area contributed by atoms with Crippen LogP contribution in [0.25, 0.3) is 0 Å². The van der Waals surface area contributed by atoms with E-state index in [1.165, 1.54) is 12.3 Å². The van der Waals surface area contributed by atoms with E-state index in [1.54, 1.807) is 23.7 Å². The largest absolute Gasteiger partial charge is 0.381 e. The van der Waals surface area contributed by atoms with Gasteiger partial charge in [0, 0.05) is 25.0 Å². The minimum Gasteiger partial charge on any atom is -0.381 e. The summed E-state index contributed by atoms with van der Waals surface area (Å²) < 4.78 is 13.7. The molecule has 92 valence electrons. The molecule has 2 heterocycles. The number of halogens is 1. The van der Waals surface area contributed by atoms with Gasteiger partial charge in [0.15, 0.2) is 11.6 Å². The first-order chi connectivity index (χ1) is 8.11. The van der Waals surface area contributed by atoms with Crippen LogP contribution < -0.4 is 5.73 Å². The highest BCUT2D eigenvalue weighted by atomic mass is 32.2. The quantitative estimate of drug-likeness (QED) is 0.867. The highest BCUT2D eigenvalue weighted by Gasteiger charge is 2.26. The number of nitrogen functional groups attached to an aromatic ring is 1. The molecule has 0 saturated carbocycles. The SMILES string of the molecule is CN(C(=O)c1ccnc(N)c1F)C1CCSC1. The number of thioether (sulfide) groups is 1. The first-order valence-electron chi connectivity index (χ1n) is 5.36. The molecule has 1 aliphatic rings. The van der Waals surface area contributed by atoms with Crippen LogP contribution in [0.3, 0.4) is 0 Å². The lowest BCUT2D eigenvalue weighted by Gasteiger charge is -2.24. The molecule has 1 aliphatic heterocycles. The van der Waals surface area contributed by atoms with E-state index < -0.39 is 5.82 Å². The van der Waals surface area contributed by atoms with Crippen molar-refractivity contribution in [3.05, 3.63) is 23.6 Å². The van der Waals surface area contributed by atoms with Gasteiger partial charge in [0.2, 0.25) is 0 Å². The summed E-state index contributed by atoms with van der Waals surface area (Å²) in [6.45, 7) is 0. The number of anilines is 1. The molecule has 6 heteroatoms. The summed E-state index contributed by atoms with van der Waals surface area (Å²) in [6, 6.07) is 1.55. The van der Waals surface area contributed by atoms with Gasteiger partial charge in [-0.2, -0.15) is 11.8 Å². The summed E-state index contributed by atoms with van der Waals surface area (Å²) in [4.78, 5) is 17.3. The van der Waals surface area contributed by atoms with Crippen molar-refractivity contribution in [2.24, 2.45) is 0 Å². The van der Waals surface area contributed by atoms with Gasteiger partial charge in [-0.05, 0) is 18.2 Å². The maximum atomic E-state index is 13.7. The van der Waals surface area contributed by atoms with Gasteiger partial charge in [0.25, 0.3) is 5.91 Å². The highest BCUT2D eigenvalue weighted by Crippen LogP contribution is 2.23. The fraction of sp³-hybridized carbons (Fsp3) is 0.455. The van der Waals surface area contributed by atoms with E-state index in [1.807, 2.05) is 0 Å². The normalized spacial score (nSPS) is 19.3. The molecule has 1 aromatic rings. The molecule has 2 rings (SSSR count). The standard InChI is InChI=1S/C11H14FN3OS/c1-15(7-3-5-17-6-7)11(16)8-2-4-14-10(13)9(8)12/h2,4,7H,3,5-6H2,1H3,(H2,13,14). The fourth-order valence-corrected chi connectivity index (χ4v) is 3.08. The Balaban J connectivity index is 2.21. The lowest BCUT2D eigenvalue weighted by Crippen LogP contribution is -2.37. The molecule has 1 amide bonds. The molecule has 1 aromatic heterocycles. The van der Waals surface area contributed by atoms with Gasteiger partial charge in [0.05, 0.1) is 5.56 Å². The topological polar surface area (TPSA) is 59.2 Å². The van der Waals surface area contributed by atoms with Crippen LogP contribution in [-0.2, 0) is 0 Å².